The number of benzene rings is 1. The van der Waals surface area contributed by atoms with Gasteiger partial charge in [0.05, 0.1) is 5.52 Å². The van der Waals surface area contributed by atoms with Gasteiger partial charge in [-0.15, -0.1) is 5.10 Å². The third-order valence-electron chi connectivity index (χ3n) is 2.46. The minimum absolute atomic E-state index is 0.155. The Morgan fingerprint density at radius 3 is 3.00 bits per heavy atom. The summed E-state index contributed by atoms with van der Waals surface area (Å²) < 4.78 is 14.7. The van der Waals surface area contributed by atoms with Crippen molar-refractivity contribution in [3.05, 3.63) is 24.0 Å². The highest BCUT2D eigenvalue weighted by Crippen LogP contribution is 2.19. The van der Waals surface area contributed by atoms with E-state index < -0.39 is 17.8 Å². The summed E-state index contributed by atoms with van der Waals surface area (Å²) in [5, 5.41) is 7.47. The maximum absolute atomic E-state index is 13.3. The van der Waals surface area contributed by atoms with Crippen LogP contribution >= 0.6 is 0 Å². The summed E-state index contributed by atoms with van der Waals surface area (Å²) in [6, 6.07) is 3.91. The number of amides is 1. The van der Waals surface area contributed by atoms with Crippen molar-refractivity contribution >= 4 is 16.9 Å². The molecule has 1 atom stereocenters. The molecule has 0 spiro atoms. The summed E-state index contributed by atoms with van der Waals surface area (Å²) in [6.45, 7) is 1.81. The first-order valence-corrected chi connectivity index (χ1v) is 4.94. The lowest BCUT2D eigenvalue weighted by atomic mass is 10.2. The SMILES string of the molecule is CC[C@H](C(N)=O)n1nnc2c(F)cccc21. The number of rotatable bonds is 3. The van der Waals surface area contributed by atoms with Crippen molar-refractivity contribution in [1.82, 2.24) is 15.0 Å². The van der Waals surface area contributed by atoms with Gasteiger partial charge in [-0.3, -0.25) is 4.79 Å². The van der Waals surface area contributed by atoms with E-state index in [0.717, 1.165) is 0 Å². The predicted molar refractivity (Wildman–Crippen MR) is 56.0 cm³/mol. The molecular weight excluding hydrogens is 211 g/mol. The zero-order valence-corrected chi connectivity index (χ0v) is 8.72. The number of carbonyl (C=O) groups excluding carboxylic acids is 1. The summed E-state index contributed by atoms with van der Waals surface area (Å²) in [5.41, 5.74) is 5.88. The Bertz CT molecular complexity index is 537. The molecule has 2 aromatic rings. The van der Waals surface area contributed by atoms with Gasteiger partial charge in [-0.1, -0.05) is 18.2 Å². The van der Waals surface area contributed by atoms with Crippen LogP contribution in [0.15, 0.2) is 18.2 Å². The molecule has 0 fully saturated rings. The third-order valence-corrected chi connectivity index (χ3v) is 2.46. The molecule has 1 aromatic carbocycles. The molecule has 2 N–H and O–H groups in total. The molecule has 0 radical (unpaired) electrons. The zero-order valence-electron chi connectivity index (χ0n) is 8.72. The summed E-state index contributed by atoms with van der Waals surface area (Å²) in [7, 11) is 0. The van der Waals surface area contributed by atoms with Gasteiger partial charge in [0.2, 0.25) is 5.91 Å². The molecular formula is C10H11FN4O. The Labute approximate surface area is 91.0 Å². The summed E-state index contributed by atoms with van der Waals surface area (Å²) >= 11 is 0. The van der Waals surface area contributed by atoms with Gasteiger partial charge in [0, 0.05) is 0 Å². The molecule has 0 bridgehead atoms. The number of carbonyl (C=O) groups is 1. The van der Waals surface area contributed by atoms with Gasteiger partial charge in [0.15, 0.2) is 5.82 Å². The molecule has 0 saturated heterocycles. The summed E-state index contributed by atoms with van der Waals surface area (Å²) in [6.07, 6.45) is 0.490. The highest BCUT2D eigenvalue weighted by molar-refractivity contribution is 5.82. The number of hydrogen-bond donors (Lipinski definition) is 1. The number of nitrogens with zero attached hydrogens (tertiary/aromatic N) is 3. The smallest absolute Gasteiger partial charge is 0.242 e. The van der Waals surface area contributed by atoms with E-state index in [2.05, 4.69) is 10.3 Å². The first kappa shape index (κ1) is 10.5. The van der Waals surface area contributed by atoms with Crippen LogP contribution in [-0.2, 0) is 4.79 Å². The first-order chi connectivity index (χ1) is 7.65. The van der Waals surface area contributed by atoms with Crippen LogP contribution < -0.4 is 5.73 Å². The second kappa shape index (κ2) is 3.88. The lowest BCUT2D eigenvalue weighted by Gasteiger charge is -2.11. The van der Waals surface area contributed by atoms with Gasteiger partial charge >= 0.3 is 0 Å². The topological polar surface area (TPSA) is 73.8 Å². The van der Waals surface area contributed by atoms with Gasteiger partial charge in [-0.05, 0) is 18.6 Å². The van der Waals surface area contributed by atoms with Crippen molar-refractivity contribution in [2.45, 2.75) is 19.4 Å². The molecule has 0 aliphatic heterocycles. The molecule has 1 heterocycles. The van der Waals surface area contributed by atoms with Crippen molar-refractivity contribution < 1.29 is 9.18 Å². The Balaban J connectivity index is 2.61. The molecule has 0 aliphatic carbocycles. The van der Waals surface area contributed by atoms with Crippen LogP contribution in [0.3, 0.4) is 0 Å². The van der Waals surface area contributed by atoms with E-state index in [4.69, 9.17) is 5.73 Å². The standard InChI is InChI=1S/C10H11FN4O/c1-2-7(10(12)16)15-8-5-3-4-6(11)9(8)13-14-15/h3-5,7H,2H2,1H3,(H2,12,16)/t7-/m1/s1. The third kappa shape index (κ3) is 1.52. The van der Waals surface area contributed by atoms with Crippen LogP contribution in [-0.4, -0.2) is 20.9 Å². The average Bonchev–Trinajstić information content (AvgIpc) is 2.64. The molecule has 84 valence electrons. The minimum Gasteiger partial charge on any atom is -0.368 e. The van der Waals surface area contributed by atoms with Crippen molar-refractivity contribution in [3.8, 4) is 0 Å². The molecule has 0 saturated carbocycles. The number of nitrogens with two attached hydrogens (primary N) is 1. The number of aromatic nitrogens is 3. The average molecular weight is 222 g/mol. The Morgan fingerprint density at radius 1 is 1.62 bits per heavy atom. The fourth-order valence-electron chi connectivity index (χ4n) is 1.65. The minimum atomic E-state index is -0.591. The van der Waals surface area contributed by atoms with E-state index >= 15 is 0 Å². The maximum Gasteiger partial charge on any atom is 0.242 e. The van der Waals surface area contributed by atoms with Gasteiger partial charge in [-0.25, -0.2) is 9.07 Å². The number of primary amides is 1. The second-order valence-corrected chi connectivity index (χ2v) is 3.47. The van der Waals surface area contributed by atoms with Gasteiger partial charge in [0.1, 0.15) is 11.6 Å². The van der Waals surface area contributed by atoms with Gasteiger partial charge in [-0.2, -0.15) is 0 Å². The highest BCUT2D eigenvalue weighted by atomic mass is 19.1. The van der Waals surface area contributed by atoms with Crippen LogP contribution in [0.25, 0.3) is 11.0 Å². The molecule has 2 rings (SSSR count). The van der Waals surface area contributed by atoms with E-state index in [1.165, 1.54) is 10.7 Å². The fourth-order valence-corrected chi connectivity index (χ4v) is 1.65. The monoisotopic (exact) mass is 222 g/mol. The Hall–Kier alpha value is -1.98. The predicted octanol–water partition coefficient (Wildman–Crippen LogP) is 1.01. The van der Waals surface area contributed by atoms with Crippen LogP contribution in [0.5, 0.6) is 0 Å². The molecule has 0 aliphatic rings. The Kier molecular flexibility index (Phi) is 2.55. The summed E-state index contributed by atoms with van der Waals surface area (Å²) in [4.78, 5) is 11.2. The van der Waals surface area contributed by atoms with E-state index in [1.807, 2.05) is 6.92 Å². The fraction of sp³-hybridized carbons (Fsp3) is 0.300. The lowest BCUT2D eigenvalue weighted by Crippen LogP contribution is -2.26. The van der Waals surface area contributed by atoms with Gasteiger partial charge < -0.3 is 5.73 Å². The number of hydrogen-bond acceptors (Lipinski definition) is 3. The second-order valence-electron chi connectivity index (χ2n) is 3.47. The van der Waals surface area contributed by atoms with Crippen molar-refractivity contribution in [2.24, 2.45) is 5.73 Å². The maximum atomic E-state index is 13.3. The zero-order chi connectivity index (χ0) is 11.7. The van der Waals surface area contributed by atoms with Crippen LogP contribution in [0.4, 0.5) is 4.39 Å². The lowest BCUT2D eigenvalue weighted by molar-refractivity contribution is -0.121. The number of halogens is 1. The normalized spacial score (nSPS) is 12.9. The number of fused-ring (bicyclic) bond motifs is 1. The molecule has 1 amide bonds. The van der Waals surface area contributed by atoms with E-state index in [1.54, 1.807) is 12.1 Å². The highest BCUT2D eigenvalue weighted by Gasteiger charge is 2.20. The quantitative estimate of drug-likeness (QED) is 0.842. The van der Waals surface area contributed by atoms with Crippen LogP contribution in [0.1, 0.15) is 19.4 Å². The van der Waals surface area contributed by atoms with E-state index in [9.17, 15) is 9.18 Å². The first-order valence-electron chi connectivity index (χ1n) is 4.94. The van der Waals surface area contributed by atoms with Crippen molar-refractivity contribution in [3.63, 3.8) is 0 Å². The van der Waals surface area contributed by atoms with Crippen molar-refractivity contribution in [1.29, 1.82) is 0 Å². The van der Waals surface area contributed by atoms with Crippen LogP contribution in [0.2, 0.25) is 0 Å². The van der Waals surface area contributed by atoms with E-state index in [0.29, 0.717) is 11.9 Å². The van der Waals surface area contributed by atoms with Crippen LogP contribution in [0, 0.1) is 5.82 Å². The summed E-state index contributed by atoms with van der Waals surface area (Å²) in [5.74, 6) is -0.957. The molecule has 5 nitrogen and oxygen atoms in total. The van der Waals surface area contributed by atoms with E-state index in [-0.39, 0.29) is 5.52 Å². The largest absolute Gasteiger partial charge is 0.368 e. The van der Waals surface area contributed by atoms with Gasteiger partial charge in [0.25, 0.3) is 0 Å². The molecule has 6 heteroatoms. The Morgan fingerprint density at radius 2 is 2.38 bits per heavy atom. The molecule has 1 aromatic heterocycles. The molecule has 16 heavy (non-hydrogen) atoms. The molecule has 0 unspecified atom stereocenters. The van der Waals surface area contributed by atoms with Crippen molar-refractivity contribution in [2.75, 3.05) is 0 Å².